The molecule has 0 aliphatic carbocycles. The lowest BCUT2D eigenvalue weighted by molar-refractivity contribution is 0.161. The monoisotopic (exact) mass is 270 g/mol. The molecule has 0 saturated heterocycles. The zero-order valence-electron chi connectivity index (χ0n) is 12.0. The average molecular weight is 270 g/mol. The summed E-state index contributed by atoms with van der Waals surface area (Å²) < 4.78 is 11.4. The summed E-state index contributed by atoms with van der Waals surface area (Å²) in [6.07, 6.45) is 5.92. The second-order valence-corrected chi connectivity index (χ2v) is 5.74. The molecule has 1 aliphatic rings. The third-order valence-corrected chi connectivity index (χ3v) is 3.52. The molecule has 0 radical (unpaired) electrons. The van der Waals surface area contributed by atoms with E-state index in [-0.39, 0.29) is 11.2 Å². The van der Waals surface area contributed by atoms with Crippen molar-refractivity contribution in [3.8, 4) is 5.75 Å². The molecule has 0 spiro atoms. The molecule has 0 N–H and O–H groups in total. The van der Waals surface area contributed by atoms with E-state index in [1.807, 2.05) is 32.1 Å². The minimum absolute atomic E-state index is 0.300. The summed E-state index contributed by atoms with van der Waals surface area (Å²) in [6, 6.07) is 5.36. The molecule has 0 unspecified atom stereocenters. The Hall–Kier alpha value is -2.03. The Morgan fingerprint density at radius 3 is 2.80 bits per heavy atom. The highest BCUT2D eigenvalue weighted by molar-refractivity contribution is 5.91. The molecular formula is C17H18O3. The van der Waals surface area contributed by atoms with Crippen LogP contribution in [-0.4, -0.2) is 5.60 Å². The van der Waals surface area contributed by atoms with Gasteiger partial charge in [-0.25, -0.2) is 4.79 Å². The van der Waals surface area contributed by atoms with E-state index in [0.29, 0.717) is 5.58 Å². The van der Waals surface area contributed by atoms with E-state index in [1.165, 1.54) is 0 Å². The summed E-state index contributed by atoms with van der Waals surface area (Å²) in [5, 5.41) is 0.932. The van der Waals surface area contributed by atoms with E-state index in [0.717, 1.165) is 35.1 Å². The van der Waals surface area contributed by atoms with Gasteiger partial charge < -0.3 is 9.15 Å². The van der Waals surface area contributed by atoms with Gasteiger partial charge in [-0.1, -0.05) is 19.4 Å². The first kappa shape index (κ1) is 13.0. The van der Waals surface area contributed by atoms with Crippen LogP contribution < -0.4 is 10.4 Å². The Balaban J connectivity index is 2.34. The second kappa shape index (κ2) is 4.51. The van der Waals surface area contributed by atoms with Crippen molar-refractivity contribution in [1.29, 1.82) is 0 Å². The number of hydrogen-bond acceptors (Lipinski definition) is 3. The Kier molecular flexibility index (Phi) is 2.93. The zero-order valence-corrected chi connectivity index (χ0v) is 12.0. The number of hydrogen-bond donors (Lipinski definition) is 0. The van der Waals surface area contributed by atoms with Gasteiger partial charge in [-0.05, 0) is 44.0 Å². The van der Waals surface area contributed by atoms with Gasteiger partial charge >= 0.3 is 5.63 Å². The molecular weight excluding hydrogens is 252 g/mol. The molecule has 0 bridgehead atoms. The molecule has 0 saturated carbocycles. The summed E-state index contributed by atoms with van der Waals surface area (Å²) >= 11 is 0. The summed E-state index contributed by atoms with van der Waals surface area (Å²) in [6.45, 7) is 6.13. The van der Waals surface area contributed by atoms with Crippen molar-refractivity contribution in [1.82, 2.24) is 0 Å². The number of ether oxygens (including phenoxy) is 1. The van der Waals surface area contributed by atoms with E-state index < -0.39 is 0 Å². The van der Waals surface area contributed by atoms with Crippen LogP contribution in [0.3, 0.4) is 0 Å². The van der Waals surface area contributed by atoms with Crippen molar-refractivity contribution < 1.29 is 9.15 Å². The Morgan fingerprint density at radius 2 is 2.05 bits per heavy atom. The molecule has 1 aliphatic heterocycles. The van der Waals surface area contributed by atoms with Gasteiger partial charge in [0.1, 0.15) is 16.9 Å². The molecule has 20 heavy (non-hydrogen) atoms. The van der Waals surface area contributed by atoms with Gasteiger partial charge in [-0.2, -0.15) is 0 Å². The van der Waals surface area contributed by atoms with Crippen LogP contribution in [0.2, 0.25) is 0 Å². The molecule has 0 fully saturated rings. The molecule has 3 nitrogen and oxygen atoms in total. The van der Waals surface area contributed by atoms with Gasteiger partial charge in [-0.15, -0.1) is 0 Å². The smallest absolute Gasteiger partial charge is 0.336 e. The number of aryl methyl sites for hydroxylation is 1. The lowest BCUT2D eigenvalue weighted by atomic mass is 9.97. The first-order chi connectivity index (χ1) is 9.50. The standard InChI is InChI=1S/C17H18O3/c1-4-5-12-10-14(18)19-13-7-6-11-8-9-17(2,3)20-16(11)15(12)13/h6-10H,4-5H2,1-3H3. The summed E-state index contributed by atoms with van der Waals surface area (Å²) in [7, 11) is 0. The molecule has 3 heteroatoms. The number of benzene rings is 1. The SMILES string of the molecule is CCCc1cc(=O)oc2ccc3c(c12)OC(C)(C)C=C3. The maximum atomic E-state index is 11.7. The highest BCUT2D eigenvalue weighted by Gasteiger charge is 2.25. The van der Waals surface area contributed by atoms with Gasteiger partial charge in [0.05, 0.1) is 5.39 Å². The van der Waals surface area contributed by atoms with Crippen LogP contribution in [0.4, 0.5) is 0 Å². The average Bonchev–Trinajstić information content (AvgIpc) is 2.37. The van der Waals surface area contributed by atoms with Gasteiger partial charge in [0, 0.05) is 11.6 Å². The van der Waals surface area contributed by atoms with Gasteiger partial charge in [0.25, 0.3) is 0 Å². The van der Waals surface area contributed by atoms with Crippen molar-refractivity contribution in [2.45, 2.75) is 39.2 Å². The van der Waals surface area contributed by atoms with Crippen molar-refractivity contribution >= 4 is 17.0 Å². The quantitative estimate of drug-likeness (QED) is 0.776. The Labute approximate surface area is 117 Å². The largest absolute Gasteiger partial charge is 0.482 e. The van der Waals surface area contributed by atoms with Crippen molar-refractivity contribution in [3.05, 3.63) is 45.8 Å². The van der Waals surface area contributed by atoms with Crippen LogP contribution >= 0.6 is 0 Å². The fourth-order valence-corrected chi connectivity index (χ4v) is 2.62. The predicted octanol–water partition coefficient (Wildman–Crippen LogP) is 3.93. The van der Waals surface area contributed by atoms with Gasteiger partial charge in [-0.3, -0.25) is 0 Å². The highest BCUT2D eigenvalue weighted by Crippen LogP contribution is 2.38. The fourth-order valence-electron chi connectivity index (χ4n) is 2.62. The maximum Gasteiger partial charge on any atom is 0.336 e. The Bertz CT molecular complexity index is 751. The maximum absolute atomic E-state index is 11.7. The molecule has 1 aromatic carbocycles. The number of rotatable bonds is 2. The summed E-state index contributed by atoms with van der Waals surface area (Å²) in [4.78, 5) is 11.7. The third-order valence-electron chi connectivity index (χ3n) is 3.52. The first-order valence-electron chi connectivity index (χ1n) is 6.98. The highest BCUT2D eigenvalue weighted by atomic mass is 16.5. The minimum atomic E-state index is -0.346. The third kappa shape index (κ3) is 2.13. The summed E-state index contributed by atoms with van der Waals surface area (Å²) in [5.74, 6) is 0.821. The molecule has 1 aromatic heterocycles. The Morgan fingerprint density at radius 1 is 1.25 bits per heavy atom. The lowest BCUT2D eigenvalue weighted by Gasteiger charge is -2.29. The van der Waals surface area contributed by atoms with Crippen LogP contribution in [0.1, 0.15) is 38.3 Å². The number of fused-ring (bicyclic) bond motifs is 3. The van der Waals surface area contributed by atoms with E-state index in [1.54, 1.807) is 6.07 Å². The van der Waals surface area contributed by atoms with E-state index in [9.17, 15) is 4.79 Å². The van der Waals surface area contributed by atoms with Crippen LogP contribution in [0.15, 0.2) is 33.5 Å². The molecule has 0 atom stereocenters. The van der Waals surface area contributed by atoms with Crippen molar-refractivity contribution in [2.24, 2.45) is 0 Å². The molecule has 3 rings (SSSR count). The van der Waals surface area contributed by atoms with Crippen LogP contribution in [-0.2, 0) is 6.42 Å². The van der Waals surface area contributed by atoms with Gasteiger partial charge in [0.15, 0.2) is 0 Å². The zero-order chi connectivity index (χ0) is 14.3. The van der Waals surface area contributed by atoms with E-state index >= 15 is 0 Å². The van der Waals surface area contributed by atoms with Crippen LogP contribution in [0.5, 0.6) is 5.75 Å². The topological polar surface area (TPSA) is 39.4 Å². The van der Waals surface area contributed by atoms with Crippen LogP contribution in [0.25, 0.3) is 17.0 Å². The normalized spacial score (nSPS) is 15.9. The molecule has 104 valence electrons. The van der Waals surface area contributed by atoms with Crippen LogP contribution in [0, 0.1) is 0 Å². The van der Waals surface area contributed by atoms with E-state index in [2.05, 4.69) is 13.0 Å². The minimum Gasteiger partial charge on any atom is -0.482 e. The molecule has 2 aromatic rings. The fraction of sp³-hybridized carbons (Fsp3) is 0.353. The van der Waals surface area contributed by atoms with E-state index in [4.69, 9.17) is 9.15 Å². The second-order valence-electron chi connectivity index (χ2n) is 5.74. The predicted molar refractivity (Wildman–Crippen MR) is 80.2 cm³/mol. The summed E-state index contributed by atoms with van der Waals surface area (Å²) in [5.41, 5.74) is 1.99. The van der Waals surface area contributed by atoms with Crippen molar-refractivity contribution in [2.75, 3.05) is 0 Å². The van der Waals surface area contributed by atoms with Crippen molar-refractivity contribution in [3.63, 3.8) is 0 Å². The van der Waals surface area contributed by atoms with Gasteiger partial charge in [0.2, 0.25) is 0 Å². The first-order valence-corrected chi connectivity index (χ1v) is 6.98. The lowest BCUT2D eigenvalue weighted by Crippen LogP contribution is -2.27. The molecule has 0 amide bonds. The molecule has 2 heterocycles.